The third-order valence-electron chi connectivity index (χ3n) is 6.29. The van der Waals surface area contributed by atoms with Gasteiger partial charge in [-0.3, -0.25) is 4.90 Å². The minimum Gasteiger partial charge on any atom is -0.497 e. The molecule has 0 aromatic heterocycles. The van der Waals surface area contributed by atoms with E-state index in [4.69, 9.17) is 21.1 Å². The lowest BCUT2D eigenvalue weighted by atomic mass is 10.1. The second-order valence-corrected chi connectivity index (χ2v) is 11.2. The summed E-state index contributed by atoms with van der Waals surface area (Å²) in [5.74, 6) is 0.0401. The average Bonchev–Trinajstić information content (AvgIpc) is 2.89. The van der Waals surface area contributed by atoms with Crippen LogP contribution >= 0.6 is 11.6 Å². The van der Waals surface area contributed by atoms with Gasteiger partial charge in [0, 0.05) is 37.7 Å². The molecule has 0 spiro atoms. The van der Waals surface area contributed by atoms with Crippen LogP contribution in [-0.4, -0.2) is 57.5 Å². The van der Waals surface area contributed by atoms with Crippen LogP contribution in [0.25, 0.3) is 0 Å². The number of rotatable bonds is 9. The lowest BCUT2D eigenvalue weighted by Crippen LogP contribution is -2.49. The van der Waals surface area contributed by atoms with Crippen LogP contribution in [0.5, 0.6) is 5.75 Å². The lowest BCUT2D eigenvalue weighted by molar-refractivity contribution is 0.00766. The van der Waals surface area contributed by atoms with Crippen molar-refractivity contribution in [2.24, 2.45) is 0 Å². The van der Waals surface area contributed by atoms with Gasteiger partial charge in [0.05, 0.1) is 19.8 Å². The Balaban J connectivity index is 1.43. The van der Waals surface area contributed by atoms with Crippen molar-refractivity contribution in [3.63, 3.8) is 0 Å². The van der Waals surface area contributed by atoms with E-state index < -0.39 is 15.8 Å². The molecule has 1 atom stereocenters. The van der Waals surface area contributed by atoms with Crippen LogP contribution in [0.4, 0.5) is 4.39 Å². The van der Waals surface area contributed by atoms with Crippen LogP contribution < -0.4 is 4.74 Å². The molecule has 4 rings (SSSR count). The maximum atomic E-state index is 14.3. The monoisotopic (exact) mass is 532 g/mol. The molecule has 0 saturated carbocycles. The van der Waals surface area contributed by atoms with Crippen LogP contribution in [0.3, 0.4) is 0 Å². The molecule has 0 bridgehead atoms. The number of halogens is 2. The standard InChI is InChI=1S/C27H30ClFN2O4S/c1-20-6-11-25(29)27(16-20)36(32,33)31-14-12-30(13-15-31)18-26(22-7-9-23(28)10-8-22)35-19-21-4-3-5-24(17-21)34-2/h3-11,16-17,26H,12-15,18-19H2,1-2H3/t26-/m0/s1. The summed E-state index contributed by atoms with van der Waals surface area (Å²) in [6.45, 7) is 4.30. The number of hydrogen-bond acceptors (Lipinski definition) is 5. The van der Waals surface area contributed by atoms with E-state index >= 15 is 0 Å². The van der Waals surface area contributed by atoms with Crippen LogP contribution in [-0.2, 0) is 21.4 Å². The molecule has 6 nitrogen and oxygen atoms in total. The minimum absolute atomic E-state index is 0.245. The number of nitrogens with zero attached hydrogens (tertiary/aromatic N) is 2. The number of aryl methyl sites for hydroxylation is 1. The number of hydrogen-bond donors (Lipinski definition) is 0. The third kappa shape index (κ3) is 6.44. The van der Waals surface area contributed by atoms with E-state index in [-0.39, 0.29) is 24.1 Å². The summed E-state index contributed by atoms with van der Waals surface area (Å²) in [4.78, 5) is 1.90. The van der Waals surface area contributed by atoms with E-state index in [2.05, 4.69) is 4.90 Å². The van der Waals surface area contributed by atoms with Crippen molar-refractivity contribution in [2.45, 2.75) is 24.5 Å². The molecule has 0 radical (unpaired) electrons. The first-order valence-corrected chi connectivity index (χ1v) is 13.6. The minimum atomic E-state index is -3.90. The summed E-state index contributed by atoms with van der Waals surface area (Å²) in [7, 11) is -2.27. The smallest absolute Gasteiger partial charge is 0.246 e. The van der Waals surface area contributed by atoms with Gasteiger partial charge in [0.25, 0.3) is 0 Å². The molecule has 0 aliphatic carbocycles. The Hall–Kier alpha value is -2.49. The Bertz CT molecular complexity index is 1280. The van der Waals surface area contributed by atoms with Crippen LogP contribution in [0.1, 0.15) is 22.8 Å². The van der Waals surface area contributed by atoms with Crippen molar-refractivity contribution in [3.8, 4) is 5.75 Å². The van der Waals surface area contributed by atoms with E-state index in [1.807, 2.05) is 48.5 Å². The van der Waals surface area contributed by atoms with E-state index in [1.54, 1.807) is 20.1 Å². The van der Waals surface area contributed by atoms with E-state index in [1.165, 1.54) is 16.4 Å². The van der Waals surface area contributed by atoms with E-state index in [9.17, 15) is 12.8 Å². The highest BCUT2D eigenvalue weighted by Gasteiger charge is 2.31. The van der Waals surface area contributed by atoms with Crippen molar-refractivity contribution >= 4 is 21.6 Å². The molecule has 1 saturated heterocycles. The number of benzene rings is 3. The lowest BCUT2D eigenvalue weighted by Gasteiger charge is -2.36. The van der Waals surface area contributed by atoms with Crippen molar-refractivity contribution in [2.75, 3.05) is 39.8 Å². The van der Waals surface area contributed by atoms with E-state index in [0.29, 0.717) is 36.8 Å². The Morgan fingerprint density at radius 3 is 2.42 bits per heavy atom. The van der Waals surface area contributed by atoms with Gasteiger partial charge in [-0.1, -0.05) is 41.9 Å². The molecule has 1 fully saturated rings. The van der Waals surface area contributed by atoms with Gasteiger partial charge in [0.1, 0.15) is 16.5 Å². The van der Waals surface area contributed by atoms with Crippen molar-refractivity contribution < 1.29 is 22.3 Å². The Labute approximate surface area is 217 Å². The fourth-order valence-electron chi connectivity index (χ4n) is 4.23. The molecule has 0 amide bonds. The summed E-state index contributed by atoms with van der Waals surface area (Å²) in [5, 5.41) is 0.646. The second-order valence-electron chi connectivity index (χ2n) is 8.84. The van der Waals surface area contributed by atoms with Crippen LogP contribution in [0.15, 0.2) is 71.6 Å². The highest BCUT2D eigenvalue weighted by Crippen LogP contribution is 2.26. The maximum Gasteiger partial charge on any atom is 0.246 e. The second kappa shape index (κ2) is 11.7. The van der Waals surface area contributed by atoms with Crippen molar-refractivity contribution in [3.05, 3.63) is 94.3 Å². The van der Waals surface area contributed by atoms with Gasteiger partial charge in [0.15, 0.2) is 0 Å². The van der Waals surface area contributed by atoms with Crippen molar-refractivity contribution in [1.29, 1.82) is 0 Å². The van der Waals surface area contributed by atoms with Gasteiger partial charge in [-0.15, -0.1) is 0 Å². The normalized spacial score (nSPS) is 16.1. The summed E-state index contributed by atoms with van der Waals surface area (Å²) >= 11 is 6.09. The molecule has 1 aliphatic heterocycles. The number of methoxy groups -OCH3 is 1. The molecule has 1 aliphatic rings. The third-order valence-corrected chi connectivity index (χ3v) is 8.45. The summed E-state index contributed by atoms with van der Waals surface area (Å²) in [6.07, 6.45) is -0.245. The van der Waals surface area contributed by atoms with Gasteiger partial charge >= 0.3 is 0 Å². The van der Waals surface area contributed by atoms with Crippen LogP contribution in [0.2, 0.25) is 5.02 Å². The summed E-state index contributed by atoms with van der Waals surface area (Å²) < 4.78 is 53.4. The molecule has 0 N–H and O–H groups in total. The fraction of sp³-hybridized carbons (Fsp3) is 0.333. The first-order valence-electron chi connectivity index (χ1n) is 11.7. The van der Waals surface area contributed by atoms with E-state index in [0.717, 1.165) is 16.9 Å². The first-order chi connectivity index (χ1) is 17.3. The Morgan fingerprint density at radius 1 is 1.00 bits per heavy atom. The van der Waals surface area contributed by atoms with Gasteiger partial charge in [0.2, 0.25) is 10.0 Å². The number of ether oxygens (including phenoxy) is 2. The molecular weight excluding hydrogens is 503 g/mol. The molecule has 192 valence electrons. The first kappa shape index (κ1) is 26.6. The van der Waals surface area contributed by atoms with Gasteiger partial charge < -0.3 is 9.47 Å². The molecule has 36 heavy (non-hydrogen) atoms. The zero-order valence-corrected chi connectivity index (χ0v) is 21.9. The van der Waals surface area contributed by atoms with Crippen LogP contribution in [0, 0.1) is 12.7 Å². The predicted octanol–water partition coefficient (Wildman–Crippen LogP) is 5.06. The molecule has 0 unspecified atom stereocenters. The highest BCUT2D eigenvalue weighted by atomic mass is 35.5. The topological polar surface area (TPSA) is 59.1 Å². The average molecular weight is 533 g/mol. The zero-order chi connectivity index (χ0) is 25.7. The molecule has 9 heteroatoms. The molecule has 3 aromatic carbocycles. The predicted molar refractivity (Wildman–Crippen MR) is 138 cm³/mol. The molecule has 1 heterocycles. The number of sulfonamides is 1. The Morgan fingerprint density at radius 2 is 1.72 bits per heavy atom. The largest absolute Gasteiger partial charge is 0.497 e. The van der Waals surface area contributed by atoms with Gasteiger partial charge in [-0.25, -0.2) is 12.8 Å². The zero-order valence-electron chi connectivity index (χ0n) is 20.4. The maximum absolute atomic E-state index is 14.3. The molecule has 3 aromatic rings. The van der Waals surface area contributed by atoms with Gasteiger partial charge in [-0.05, 0) is 60.0 Å². The van der Waals surface area contributed by atoms with Crippen molar-refractivity contribution in [1.82, 2.24) is 9.21 Å². The number of piperazine rings is 1. The quantitative estimate of drug-likeness (QED) is 0.385. The summed E-state index contributed by atoms with van der Waals surface area (Å²) in [5.41, 5.74) is 2.68. The Kier molecular flexibility index (Phi) is 8.64. The SMILES string of the molecule is COc1cccc(CO[C@@H](CN2CCN(S(=O)(=O)c3cc(C)ccc3F)CC2)c2ccc(Cl)cc2)c1. The molecular formula is C27H30ClFN2O4S. The summed E-state index contributed by atoms with van der Waals surface area (Å²) in [6, 6.07) is 19.4. The highest BCUT2D eigenvalue weighted by molar-refractivity contribution is 7.89. The van der Waals surface area contributed by atoms with Gasteiger partial charge in [-0.2, -0.15) is 4.31 Å². The fourth-order valence-corrected chi connectivity index (χ4v) is 5.92.